The van der Waals surface area contributed by atoms with Crippen molar-refractivity contribution in [3.63, 3.8) is 0 Å². The van der Waals surface area contributed by atoms with Crippen molar-refractivity contribution in [2.75, 3.05) is 25.9 Å². The fourth-order valence-electron chi connectivity index (χ4n) is 1.33. The van der Waals surface area contributed by atoms with E-state index in [0.29, 0.717) is 24.5 Å². The number of carbonyl (C=O) groups excluding carboxylic acids is 2. The van der Waals surface area contributed by atoms with E-state index in [-0.39, 0.29) is 18.3 Å². The molecule has 0 unspecified atom stereocenters. The molecule has 0 fully saturated rings. The van der Waals surface area contributed by atoms with Gasteiger partial charge >= 0.3 is 5.97 Å². The van der Waals surface area contributed by atoms with Crippen LogP contribution in [0.4, 0.5) is 5.69 Å². The summed E-state index contributed by atoms with van der Waals surface area (Å²) in [6, 6.07) is 1.56. The molecule has 1 heterocycles. The van der Waals surface area contributed by atoms with Crippen LogP contribution in [0.2, 0.25) is 0 Å². The molecule has 0 aliphatic carbocycles. The SMILES string of the molecule is CCOC(=O)CCN(C)C(=O)c1cc(N)c[nH]1. The van der Waals surface area contributed by atoms with Crippen molar-refractivity contribution in [2.45, 2.75) is 13.3 Å². The largest absolute Gasteiger partial charge is 0.466 e. The van der Waals surface area contributed by atoms with Gasteiger partial charge in [-0.2, -0.15) is 0 Å². The molecule has 6 heteroatoms. The molecule has 0 aliphatic rings. The van der Waals surface area contributed by atoms with Crippen LogP contribution >= 0.6 is 0 Å². The van der Waals surface area contributed by atoms with Crippen LogP contribution < -0.4 is 5.73 Å². The van der Waals surface area contributed by atoms with Crippen LogP contribution in [0.25, 0.3) is 0 Å². The molecule has 3 N–H and O–H groups in total. The van der Waals surface area contributed by atoms with Crippen LogP contribution in [0.5, 0.6) is 0 Å². The topological polar surface area (TPSA) is 88.4 Å². The Kier molecular flexibility index (Phi) is 4.56. The molecule has 0 atom stereocenters. The normalized spacial score (nSPS) is 10.0. The fourth-order valence-corrected chi connectivity index (χ4v) is 1.33. The van der Waals surface area contributed by atoms with Gasteiger partial charge in [0.15, 0.2) is 0 Å². The van der Waals surface area contributed by atoms with Crippen LogP contribution in [0.1, 0.15) is 23.8 Å². The molecule has 0 aromatic carbocycles. The number of rotatable bonds is 5. The van der Waals surface area contributed by atoms with E-state index in [2.05, 4.69) is 4.98 Å². The van der Waals surface area contributed by atoms with Crippen molar-refractivity contribution >= 4 is 17.6 Å². The lowest BCUT2D eigenvalue weighted by atomic mass is 10.3. The number of esters is 1. The lowest BCUT2D eigenvalue weighted by Crippen LogP contribution is -2.29. The summed E-state index contributed by atoms with van der Waals surface area (Å²) in [4.78, 5) is 27.2. The smallest absolute Gasteiger partial charge is 0.307 e. The van der Waals surface area contributed by atoms with Gasteiger partial charge in [0, 0.05) is 25.5 Å². The van der Waals surface area contributed by atoms with Gasteiger partial charge in [-0.05, 0) is 13.0 Å². The Morgan fingerprint density at radius 2 is 2.24 bits per heavy atom. The summed E-state index contributed by atoms with van der Waals surface area (Å²) in [5.41, 5.74) is 6.42. The van der Waals surface area contributed by atoms with Crippen LogP contribution in [-0.4, -0.2) is 42.0 Å². The first-order valence-corrected chi connectivity index (χ1v) is 5.39. The van der Waals surface area contributed by atoms with E-state index in [0.717, 1.165) is 0 Å². The highest BCUT2D eigenvalue weighted by Gasteiger charge is 2.14. The van der Waals surface area contributed by atoms with Gasteiger partial charge in [0.05, 0.1) is 13.0 Å². The summed E-state index contributed by atoms with van der Waals surface area (Å²) in [7, 11) is 1.62. The summed E-state index contributed by atoms with van der Waals surface area (Å²) in [6.07, 6.45) is 1.73. The number of nitrogens with zero attached hydrogens (tertiary/aromatic N) is 1. The second-order valence-electron chi connectivity index (χ2n) is 3.63. The molecule has 0 radical (unpaired) electrons. The molecule has 0 saturated carbocycles. The highest BCUT2D eigenvalue weighted by molar-refractivity contribution is 5.93. The van der Waals surface area contributed by atoms with Gasteiger partial charge < -0.3 is 20.4 Å². The van der Waals surface area contributed by atoms with E-state index in [9.17, 15) is 9.59 Å². The van der Waals surface area contributed by atoms with E-state index in [4.69, 9.17) is 10.5 Å². The average molecular weight is 239 g/mol. The van der Waals surface area contributed by atoms with E-state index in [1.54, 1.807) is 26.2 Å². The molecule has 0 aliphatic heterocycles. The zero-order chi connectivity index (χ0) is 12.8. The van der Waals surface area contributed by atoms with Crippen LogP contribution in [-0.2, 0) is 9.53 Å². The Bertz CT molecular complexity index is 400. The Labute approximate surface area is 99.7 Å². The molecule has 17 heavy (non-hydrogen) atoms. The molecule has 0 spiro atoms. The number of amides is 1. The number of anilines is 1. The zero-order valence-corrected chi connectivity index (χ0v) is 10.0. The zero-order valence-electron chi connectivity index (χ0n) is 10.0. The van der Waals surface area contributed by atoms with Crippen molar-refractivity contribution in [3.05, 3.63) is 18.0 Å². The molecule has 1 aromatic rings. The number of aromatic amines is 1. The van der Waals surface area contributed by atoms with Gasteiger partial charge in [0.25, 0.3) is 5.91 Å². The van der Waals surface area contributed by atoms with Gasteiger partial charge in [-0.1, -0.05) is 0 Å². The van der Waals surface area contributed by atoms with E-state index < -0.39 is 0 Å². The number of ether oxygens (including phenoxy) is 1. The van der Waals surface area contributed by atoms with Crippen molar-refractivity contribution in [1.29, 1.82) is 0 Å². The van der Waals surface area contributed by atoms with E-state index in [1.807, 2.05) is 0 Å². The van der Waals surface area contributed by atoms with Crippen LogP contribution in [0.15, 0.2) is 12.3 Å². The Morgan fingerprint density at radius 3 is 2.76 bits per heavy atom. The first kappa shape index (κ1) is 13.1. The third-order valence-electron chi connectivity index (χ3n) is 2.24. The molecule has 0 bridgehead atoms. The Hall–Kier alpha value is -1.98. The molecule has 94 valence electrons. The number of aromatic nitrogens is 1. The second kappa shape index (κ2) is 5.93. The minimum atomic E-state index is -0.307. The van der Waals surface area contributed by atoms with Crippen molar-refractivity contribution in [3.8, 4) is 0 Å². The third-order valence-corrected chi connectivity index (χ3v) is 2.24. The number of hydrogen-bond donors (Lipinski definition) is 2. The molecular formula is C11H17N3O3. The van der Waals surface area contributed by atoms with Crippen molar-refractivity contribution in [2.24, 2.45) is 0 Å². The number of carbonyl (C=O) groups is 2. The lowest BCUT2D eigenvalue weighted by Gasteiger charge is -2.15. The highest BCUT2D eigenvalue weighted by atomic mass is 16.5. The predicted octanol–water partition coefficient (Wildman–Crippen LogP) is 0.622. The summed E-state index contributed by atoms with van der Waals surface area (Å²) < 4.78 is 4.78. The highest BCUT2D eigenvalue weighted by Crippen LogP contribution is 2.07. The monoisotopic (exact) mass is 239 g/mol. The molecule has 6 nitrogen and oxygen atoms in total. The van der Waals surface area contributed by atoms with Gasteiger partial charge in [0.1, 0.15) is 5.69 Å². The maximum atomic E-state index is 11.8. The maximum Gasteiger partial charge on any atom is 0.307 e. The van der Waals surface area contributed by atoms with E-state index >= 15 is 0 Å². The summed E-state index contributed by atoms with van der Waals surface area (Å²) in [6.45, 7) is 2.41. The Morgan fingerprint density at radius 1 is 1.53 bits per heavy atom. The summed E-state index contributed by atoms with van der Waals surface area (Å²) in [5.74, 6) is -0.510. The first-order chi connectivity index (χ1) is 8.04. The first-order valence-electron chi connectivity index (χ1n) is 5.39. The Balaban J connectivity index is 2.45. The van der Waals surface area contributed by atoms with Gasteiger partial charge in [-0.25, -0.2) is 0 Å². The number of H-pyrrole nitrogens is 1. The number of hydrogen-bond acceptors (Lipinski definition) is 4. The molecule has 1 amide bonds. The molecular weight excluding hydrogens is 222 g/mol. The maximum absolute atomic E-state index is 11.8. The van der Waals surface area contributed by atoms with Crippen molar-refractivity contribution in [1.82, 2.24) is 9.88 Å². The lowest BCUT2D eigenvalue weighted by molar-refractivity contribution is -0.143. The minimum Gasteiger partial charge on any atom is -0.466 e. The van der Waals surface area contributed by atoms with E-state index in [1.165, 1.54) is 4.90 Å². The number of nitrogens with two attached hydrogens (primary N) is 1. The number of nitrogens with one attached hydrogen (secondary N) is 1. The standard InChI is InChI=1S/C11H17N3O3/c1-3-17-10(15)4-5-14(2)11(16)9-6-8(12)7-13-9/h6-7,13H,3-5,12H2,1-2H3. The summed E-state index contributed by atoms with van der Waals surface area (Å²) in [5, 5.41) is 0. The number of nitrogen functional groups attached to an aromatic ring is 1. The fraction of sp³-hybridized carbons (Fsp3) is 0.455. The minimum absolute atomic E-state index is 0.187. The molecule has 0 saturated heterocycles. The third kappa shape index (κ3) is 3.82. The van der Waals surface area contributed by atoms with Crippen molar-refractivity contribution < 1.29 is 14.3 Å². The molecule has 1 rings (SSSR count). The summed E-state index contributed by atoms with van der Waals surface area (Å²) >= 11 is 0. The van der Waals surface area contributed by atoms with Gasteiger partial charge in [-0.3, -0.25) is 9.59 Å². The second-order valence-corrected chi connectivity index (χ2v) is 3.63. The van der Waals surface area contributed by atoms with Crippen LogP contribution in [0.3, 0.4) is 0 Å². The van der Waals surface area contributed by atoms with Gasteiger partial charge in [-0.15, -0.1) is 0 Å². The molecule has 1 aromatic heterocycles. The predicted molar refractivity (Wildman–Crippen MR) is 63.4 cm³/mol. The van der Waals surface area contributed by atoms with Gasteiger partial charge in [0.2, 0.25) is 0 Å². The average Bonchev–Trinajstić information content (AvgIpc) is 2.72. The quantitative estimate of drug-likeness (QED) is 0.737. The van der Waals surface area contributed by atoms with Crippen LogP contribution in [0, 0.1) is 0 Å².